The van der Waals surface area contributed by atoms with Crippen LogP contribution in [0.3, 0.4) is 0 Å². The zero-order valence-corrected chi connectivity index (χ0v) is 19.7. The van der Waals surface area contributed by atoms with Crippen molar-refractivity contribution in [3.63, 3.8) is 0 Å². The van der Waals surface area contributed by atoms with E-state index in [0.717, 1.165) is 18.2 Å². The summed E-state index contributed by atoms with van der Waals surface area (Å²) in [6, 6.07) is 0. The van der Waals surface area contributed by atoms with Gasteiger partial charge in [0, 0.05) is 44.4 Å². The third-order valence-electron chi connectivity index (χ3n) is 6.46. The molecule has 3 aliphatic rings. The maximum absolute atomic E-state index is 5.97. The monoisotopic (exact) mass is 412 g/mol. The molecule has 0 spiro atoms. The van der Waals surface area contributed by atoms with E-state index in [9.17, 15) is 0 Å². The number of hydrogen-bond donors (Lipinski definition) is 0. The lowest BCUT2D eigenvalue weighted by Gasteiger charge is -2.51. The maximum Gasteiger partial charge on any atom is 0.196 e. The van der Waals surface area contributed by atoms with Gasteiger partial charge in [0.1, 0.15) is 7.36 Å². The Morgan fingerprint density at radius 2 is 1.04 bits per heavy atom. The van der Waals surface area contributed by atoms with Crippen LogP contribution in [0.15, 0.2) is 4.74 Å². The summed E-state index contributed by atoms with van der Waals surface area (Å²) in [5, 5.41) is 1.04. The van der Waals surface area contributed by atoms with Gasteiger partial charge in [-0.25, -0.2) is 4.74 Å². The van der Waals surface area contributed by atoms with Crippen LogP contribution in [-0.4, -0.2) is 63.8 Å². The second-order valence-corrected chi connectivity index (χ2v) is 13.7. The van der Waals surface area contributed by atoms with E-state index in [-0.39, 0.29) is 5.16 Å². The highest BCUT2D eigenvalue weighted by Crippen LogP contribution is 2.67. The minimum absolute atomic E-state index is 0.130. The van der Waals surface area contributed by atoms with Gasteiger partial charge in [-0.15, -0.1) is 0 Å². The SMILES string of the molecule is CC(C)(C)P(=NC(=S)N1CCCC1)(N1CCCCCC1)N1CCCCCC1. The number of likely N-dealkylation sites (tertiary alicyclic amines) is 1. The van der Waals surface area contributed by atoms with Crippen molar-refractivity contribution in [3.05, 3.63) is 0 Å². The van der Waals surface area contributed by atoms with Crippen LogP contribution in [0, 0.1) is 0 Å². The first kappa shape index (κ1) is 21.7. The van der Waals surface area contributed by atoms with Crippen molar-refractivity contribution in [2.75, 3.05) is 39.3 Å². The first-order valence-corrected chi connectivity index (χ1v) is 13.4. The Balaban J connectivity index is 2.06. The zero-order chi connectivity index (χ0) is 19.3. The average Bonchev–Trinajstić information content (AvgIpc) is 2.85. The molecule has 0 unspecified atom stereocenters. The van der Waals surface area contributed by atoms with Crippen LogP contribution >= 0.6 is 19.6 Å². The molecule has 3 aliphatic heterocycles. The summed E-state index contributed by atoms with van der Waals surface area (Å²) in [4.78, 5) is 2.38. The maximum atomic E-state index is 5.97. The Kier molecular flexibility index (Phi) is 7.81. The lowest BCUT2D eigenvalue weighted by Crippen LogP contribution is -2.42. The molecular formula is C21H41N4PS. The van der Waals surface area contributed by atoms with E-state index in [1.54, 1.807) is 0 Å². The number of rotatable bonds is 2. The van der Waals surface area contributed by atoms with Gasteiger partial charge in [-0.1, -0.05) is 46.5 Å². The number of thiocarbonyl (C=S) groups is 1. The Hall–Kier alpha value is 0.0400. The van der Waals surface area contributed by atoms with Crippen molar-refractivity contribution in [2.24, 2.45) is 4.74 Å². The van der Waals surface area contributed by atoms with Gasteiger partial charge in [0.2, 0.25) is 0 Å². The quantitative estimate of drug-likeness (QED) is 0.413. The summed E-state index contributed by atoms with van der Waals surface area (Å²) in [6.45, 7) is 14.3. The van der Waals surface area contributed by atoms with E-state index >= 15 is 0 Å². The summed E-state index contributed by atoms with van der Waals surface area (Å²) >= 11 is 5.97. The molecule has 27 heavy (non-hydrogen) atoms. The topological polar surface area (TPSA) is 22.1 Å². The Morgan fingerprint density at radius 3 is 1.41 bits per heavy atom. The Morgan fingerprint density at radius 1 is 0.667 bits per heavy atom. The highest BCUT2D eigenvalue weighted by atomic mass is 32.1. The van der Waals surface area contributed by atoms with Gasteiger partial charge in [0.15, 0.2) is 5.11 Å². The van der Waals surface area contributed by atoms with Crippen LogP contribution in [0.25, 0.3) is 0 Å². The fraction of sp³-hybridized carbons (Fsp3) is 0.952. The first-order chi connectivity index (χ1) is 12.9. The second-order valence-electron chi connectivity index (χ2n) is 9.55. The number of nitrogens with zero attached hydrogens (tertiary/aromatic N) is 4. The van der Waals surface area contributed by atoms with E-state index in [4.69, 9.17) is 17.0 Å². The molecule has 0 bridgehead atoms. The molecule has 0 aliphatic carbocycles. The van der Waals surface area contributed by atoms with Gasteiger partial charge in [0.05, 0.1) is 0 Å². The first-order valence-electron chi connectivity index (χ1n) is 11.4. The van der Waals surface area contributed by atoms with Crippen LogP contribution in [0.4, 0.5) is 0 Å². The van der Waals surface area contributed by atoms with Crippen molar-refractivity contribution in [1.82, 2.24) is 14.2 Å². The smallest absolute Gasteiger partial charge is 0.196 e. The van der Waals surface area contributed by atoms with E-state index in [1.807, 2.05) is 0 Å². The van der Waals surface area contributed by atoms with Gasteiger partial charge >= 0.3 is 0 Å². The third kappa shape index (κ3) is 4.97. The van der Waals surface area contributed by atoms with Gasteiger partial charge in [-0.3, -0.25) is 9.34 Å². The largest absolute Gasteiger partial charge is 0.347 e. The molecule has 0 radical (unpaired) electrons. The van der Waals surface area contributed by atoms with Crippen LogP contribution in [-0.2, 0) is 0 Å². The van der Waals surface area contributed by atoms with E-state index in [0.29, 0.717) is 0 Å². The highest BCUT2D eigenvalue weighted by molar-refractivity contribution is 7.81. The minimum atomic E-state index is -1.89. The minimum Gasteiger partial charge on any atom is -0.347 e. The van der Waals surface area contributed by atoms with E-state index in [1.165, 1.54) is 90.4 Å². The molecule has 0 saturated carbocycles. The Bertz CT molecular complexity index is 511. The molecule has 3 heterocycles. The molecule has 0 atom stereocenters. The third-order valence-corrected chi connectivity index (χ3v) is 11.6. The predicted octanol–water partition coefficient (Wildman–Crippen LogP) is 5.95. The van der Waals surface area contributed by atoms with Gasteiger partial charge in [-0.05, 0) is 50.7 Å². The van der Waals surface area contributed by atoms with Crippen molar-refractivity contribution < 1.29 is 0 Å². The van der Waals surface area contributed by atoms with E-state index in [2.05, 4.69) is 35.0 Å². The summed E-state index contributed by atoms with van der Waals surface area (Å²) in [6.07, 6.45) is 13.3. The van der Waals surface area contributed by atoms with Crippen molar-refractivity contribution in [3.8, 4) is 0 Å². The average molecular weight is 413 g/mol. The standard InChI is InChI=1S/C21H41N4PS/c1-21(2,3)26(24-16-8-4-5-9-17-24,25-18-10-6-7-11-19-25)22-20(27)23-14-12-13-15-23/h4-19H2,1-3H3. The molecule has 4 nitrogen and oxygen atoms in total. The van der Waals surface area contributed by atoms with Crippen LogP contribution < -0.4 is 0 Å². The summed E-state index contributed by atoms with van der Waals surface area (Å²) < 4.78 is 11.3. The molecule has 0 aromatic rings. The lowest BCUT2D eigenvalue weighted by atomic mass is 10.2. The van der Waals surface area contributed by atoms with Crippen molar-refractivity contribution in [2.45, 2.75) is 90.1 Å². The molecule has 0 aromatic carbocycles. The van der Waals surface area contributed by atoms with E-state index < -0.39 is 7.36 Å². The molecule has 3 saturated heterocycles. The molecule has 156 valence electrons. The summed E-state index contributed by atoms with van der Waals surface area (Å²) in [5.41, 5.74) is 0. The highest BCUT2D eigenvalue weighted by Gasteiger charge is 2.45. The van der Waals surface area contributed by atoms with Gasteiger partial charge in [-0.2, -0.15) is 0 Å². The molecular weight excluding hydrogens is 371 g/mol. The molecule has 3 fully saturated rings. The molecule has 0 aromatic heterocycles. The lowest BCUT2D eigenvalue weighted by molar-refractivity contribution is 0.367. The normalized spacial score (nSPS) is 24.5. The fourth-order valence-corrected chi connectivity index (χ4v) is 10.2. The van der Waals surface area contributed by atoms with Gasteiger partial charge in [0.25, 0.3) is 0 Å². The number of hydrogen-bond acceptors (Lipinski definition) is 1. The summed E-state index contributed by atoms with van der Waals surface area (Å²) in [7, 11) is -1.89. The van der Waals surface area contributed by atoms with Gasteiger partial charge < -0.3 is 4.90 Å². The van der Waals surface area contributed by atoms with Crippen molar-refractivity contribution >= 4 is 24.7 Å². The van der Waals surface area contributed by atoms with Crippen LogP contribution in [0.1, 0.15) is 85.0 Å². The van der Waals surface area contributed by atoms with Crippen LogP contribution in [0.2, 0.25) is 0 Å². The second kappa shape index (κ2) is 9.69. The Labute approximate surface area is 173 Å². The molecule has 0 amide bonds. The predicted molar refractivity (Wildman–Crippen MR) is 123 cm³/mol. The van der Waals surface area contributed by atoms with Crippen LogP contribution in [0.5, 0.6) is 0 Å². The van der Waals surface area contributed by atoms with Crippen molar-refractivity contribution in [1.29, 1.82) is 0 Å². The fourth-order valence-electron chi connectivity index (χ4n) is 5.06. The zero-order valence-electron chi connectivity index (χ0n) is 18.0. The molecule has 6 heteroatoms. The molecule has 0 N–H and O–H groups in total. The summed E-state index contributed by atoms with van der Waals surface area (Å²) in [5.74, 6) is 0. The molecule has 3 rings (SSSR count).